The van der Waals surface area contributed by atoms with Crippen molar-refractivity contribution in [2.45, 2.75) is 77.5 Å². The van der Waals surface area contributed by atoms with Gasteiger partial charge in [0.2, 0.25) is 11.8 Å². The molecule has 2 aliphatic heterocycles. The lowest BCUT2D eigenvalue weighted by Gasteiger charge is -2.30. The molecule has 0 spiro atoms. The van der Waals surface area contributed by atoms with E-state index in [1.54, 1.807) is 29.3 Å². The minimum Gasteiger partial charge on any atom is -0.496 e. The van der Waals surface area contributed by atoms with E-state index >= 15 is 0 Å². The fourth-order valence-corrected chi connectivity index (χ4v) is 7.48. The predicted molar refractivity (Wildman–Crippen MR) is 252 cm³/mol. The molecule has 4 atom stereocenters. The van der Waals surface area contributed by atoms with Gasteiger partial charge in [-0.1, -0.05) is 27.7 Å². The second-order valence-corrected chi connectivity index (χ2v) is 14.9. The minimum absolute atomic E-state index is 0. The van der Waals surface area contributed by atoms with Crippen LogP contribution in [0.15, 0.2) is 54.9 Å². The van der Waals surface area contributed by atoms with Gasteiger partial charge in [0.1, 0.15) is 41.0 Å². The lowest BCUT2D eigenvalue weighted by Crippen LogP contribution is -2.51. The van der Waals surface area contributed by atoms with Crippen molar-refractivity contribution < 1.29 is 38.1 Å². The third-order valence-corrected chi connectivity index (χ3v) is 10.5. The molecule has 2 aliphatic rings. The highest BCUT2D eigenvalue weighted by molar-refractivity contribution is 7.59. The van der Waals surface area contributed by atoms with Gasteiger partial charge in [0, 0.05) is 18.7 Å². The first-order valence-electron chi connectivity index (χ1n) is 19.3. The molecule has 20 heteroatoms. The second-order valence-electron chi connectivity index (χ2n) is 14.9. The van der Waals surface area contributed by atoms with Crippen LogP contribution in [0.1, 0.15) is 77.1 Å². The maximum absolute atomic E-state index is 13.6. The summed E-state index contributed by atoms with van der Waals surface area (Å²) in [6, 6.07) is 11.2. The number of alkyl carbamates (subject to hydrolysis) is 2. The highest BCUT2D eigenvalue weighted by Gasteiger charge is 2.39. The van der Waals surface area contributed by atoms with Crippen molar-refractivity contribution in [2.75, 3.05) is 34.4 Å². The van der Waals surface area contributed by atoms with Crippen LogP contribution in [0.4, 0.5) is 9.59 Å². The van der Waals surface area contributed by atoms with Gasteiger partial charge in [0.25, 0.3) is 0 Å². The molecule has 0 saturated carbocycles. The molecule has 336 valence electrons. The number of aromatic nitrogens is 4. The molecule has 2 saturated heterocycles. The van der Waals surface area contributed by atoms with Gasteiger partial charge in [0.05, 0.1) is 57.2 Å². The molecule has 16 nitrogen and oxygen atoms in total. The normalized spacial score (nSPS) is 16.5. The molecule has 6 rings (SSSR count). The Morgan fingerprint density at radius 2 is 1.13 bits per heavy atom. The van der Waals surface area contributed by atoms with Crippen molar-refractivity contribution in [1.82, 2.24) is 40.4 Å². The van der Waals surface area contributed by atoms with E-state index in [0.717, 1.165) is 42.5 Å². The van der Waals surface area contributed by atoms with Gasteiger partial charge >= 0.3 is 12.2 Å². The number of carbonyl (C=O) groups excluding carboxylic acids is 4. The number of rotatable bonds is 13. The number of benzene rings is 2. The van der Waals surface area contributed by atoms with E-state index in [1.165, 1.54) is 14.2 Å². The van der Waals surface area contributed by atoms with Gasteiger partial charge in [-0.25, -0.2) is 19.6 Å². The number of H-pyrrole nitrogens is 2. The quantitative estimate of drug-likeness (QED) is 0.111. The topological polar surface area (TPSA) is 193 Å². The number of imidazole rings is 2. The van der Waals surface area contributed by atoms with Crippen molar-refractivity contribution in [2.24, 2.45) is 11.8 Å². The Balaban J connectivity index is 0.00000320. The minimum atomic E-state index is -0.727. The summed E-state index contributed by atoms with van der Waals surface area (Å²) in [6.07, 6.45) is 5.31. The molecule has 0 radical (unpaired) electrons. The molecule has 0 bridgehead atoms. The summed E-state index contributed by atoms with van der Waals surface area (Å²) in [5.41, 5.74) is 3.13. The van der Waals surface area contributed by atoms with Crippen molar-refractivity contribution in [3.05, 3.63) is 66.5 Å². The number of aromatic amines is 2. The molecule has 0 aliphatic carbocycles. The maximum atomic E-state index is 13.6. The smallest absolute Gasteiger partial charge is 0.407 e. The summed E-state index contributed by atoms with van der Waals surface area (Å²) >= 11 is 0. The Morgan fingerprint density at radius 3 is 1.59 bits per heavy atom. The fraction of sp³-hybridized carbons (Fsp3) is 0.463. The van der Waals surface area contributed by atoms with Crippen LogP contribution in [0.5, 0.6) is 17.2 Å². The van der Waals surface area contributed by atoms with E-state index in [4.69, 9.17) is 18.9 Å². The van der Waals surface area contributed by atoms with Gasteiger partial charge < -0.3 is 49.3 Å². The number of hydrogen-bond donors (Lipinski definition) is 4. The molecule has 61 heavy (non-hydrogen) atoms. The Bertz CT molecular complexity index is 2060. The van der Waals surface area contributed by atoms with Gasteiger partial charge in [-0.2, -0.15) is 54.0 Å². The number of carbonyl (C=O) groups is 4. The highest BCUT2D eigenvalue weighted by atomic mass is 32.1. The summed E-state index contributed by atoms with van der Waals surface area (Å²) < 4.78 is 21.5. The van der Waals surface area contributed by atoms with Crippen molar-refractivity contribution >= 4 is 78.0 Å². The average Bonchev–Trinajstić information content (AvgIpc) is 4.05. The molecule has 0 unspecified atom stereocenters. The maximum Gasteiger partial charge on any atom is 0.407 e. The number of nitrogens with zero attached hydrogens (tertiary/aromatic N) is 4. The highest BCUT2D eigenvalue weighted by Crippen LogP contribution is 2.38. The van der Waals surface area contributed by atoms with E-state index in [9.17, 15) is 19.2 Å². The number of amides is 4. The van der Waals surface area contributed by atoms with Gasteiger partial charge in [-0.15, -0.1) is 0 Å². The van der Waals surface area contributed by atoms with Crippen LogP contribution in [-0.2, 0) is 19.1 Å². The SMILES string of the molecule is COC(=O)N[C@H](C(=O)N1CCC[C@H]1c1ncc(-c2ccc(Oc3ccc(OC)c(-c4cnc([C@@H]5CCCN5C(=O)[C@@H](NC(=O)OC)C(C)C)[nH]4)c3)cc2)[nH]1)C(C)C.S.S.S.S. The van der Waals surface area contributed by atoms with E-state index < -0.39 is 24.3 Å². The van der Waals surface area contributed by atoms with Crippen LogP contribution >= 0.6 is 54.0 Å². The number of likely N-dealkylation sites (tertiary alicyclic amines) is 2. The molecule has 4 aromatic rings. The zero-order valence-corrected chi connectivity index (χ0v) is 39.5. The molecule has 4 amide bonds. The monoisotopic (exact) mass is 920 g/mol. The molecule has 2 aromatic heterocycles. The molecule has 2 aromatic carbocycles. The summed E-state index contributed by atoms with van der Waals surface area (Å²) in [5.74, 6) is 2.54. The lowest BCUT2D eigenvalue weighted by molar-refractivity contribution is -0.136. The van der Waals surface area contributed by atoms with E-state index in [-0.39, 0.29) is 89.7 Å². The van der Waals surface area contributed by atoms with Crippen molar-refractivity contribution in [3.8, 4) is 39.8 Å². The molecule has 4 N–H and O–H groups in total. The van der Waals surface area contributed by atoms with Crippen LogP contribution in [0.3, 0.4) is 0 Å². The number of ether oxygens (including phenoxy) is 4. The first-order chi connectivity index (χ1) is 27.4. The van der Waals surface area contributed by atoms with E-state index in [1.807, 2.05) is 70.2 Å². The predicted octanol–water partition coefficient (Wildman–Crippen LogP) is 6.81. The molecule has 4 heterocycles. The molecule has 2 fully saturated rings. The van der Waals surface area contributed by atoms with Gasteiger partial charge in [0.15, 0.2) is 0 Å². The standard InChI is InChI=1S/C41H52N8O8.4H2S/c1-23(2)34(46-40(52)55-6)38(50)48-18-8-10-31(48)36-42-21-29(44-36)25-12-14-26(15-13-25)57-27-16-17-33(54-5)28(20-27)30-22-43-37(45-30)32-11-9-19-49(32)39(51)35(24(3)4)47-41(53)56-7;;;;/h12-17,20-24,31-32,34-35H,8-11,18-19H2,1-7H3,(H,42,44)(H,43,45)(H,46,52)(H,47,53);4*1H2/t31-,32-,34-,35-;;;;/m0..../s1. The second kappa shape index (κ2) is 23.5. The average molecular weight is 921 g/mol. The zero-order valence-electron chi connectivity index (χ0n) is 35.5. The first kappa shape index (κ1) is 52.5. The summed E-state index contributed by atoms with van der Waals surface area (Å²) in [4.78, 5) is 70.8. The Kier molecular flexibility index (Phi) is 20.2. The third kappa shape index (κ3) is 12.0. The molecular weight excluding hydrogens is 861 g/mol. The largest absolute Gasteiger partial charge is 0.496 e. The van der Waals surface area contributed by atoms with Gasteiger partial charge in [-0.3, -0.25) is 9.59 Å². The summed E-state index contributed by atoms with van der Waals surface area (Å²) in [5, 5.41) is 5.37. The summed E-state index contributed by atoms with van der Waals surface area (Å²) in [6.45, 7) is 8.66. The lowest BCUT2D eigenvalue weighted by atomic mass is 10.0. The number of hydrogen-bond acceptors (Lipinski definition) is 10. The zero-order chi connectivity index (χ0) is 40.8. The summed E-state index contributed by atoms with van der Waals surface area (Å²) in [7, 11) is 4.15. The van der Waals surface area contributed by atoms with Crippen molar-refractivity contribution in [3.63, 3.8) is 0 Å². The van der Waals surface area contributed by atoms with E-state index in [2.05, 4.69) is 30.6 Å². The van der Waals surface area contributed by atoms with Gasteiger partial charge in [-0.05, 0) is 85.5 Å². The van der Waals surface area contributed by atoms with Crippen LogP contribution in [0.25, 0.3) is 22.5 Å². The van der Waals surface area contributed by atoms with Crippen molar-refractivity contribution in [1.29, 1.82) is 0 Å². The number of methoxy groups -OCH3 is 3. The number of nitrogens with one attached hydrogen (secondary N) is 4. The Labute approximate surface area is 384 Å². The van der Waals surface area contributed by atoms with Crippen LogP contribution in [0, 0.1) is 11.8 Å². The third-order valence-electron chi connectivity index (χ3n) is 10.5. The van der Waals surface area contributed by atoms with Crippen LogP contribution in [0.2, 0.25) is 0 Å². The van der Waals surface area contributed by atoms with Crippen LogP contribution < -0.4 is 20.1 Å². The molecular formula is C41H60N8O8S4. The first-order valence-corrected chi connectivity index (χ1v) is 19.3. The fourth-order valence-electron chi connectivity index (χ4n) is 7.48. The van der Waals surface area contributed by atoms with E-state index in [0.29, 0.717) is 47.7 Å². The van der Waals surface area contributed by atoms with Crippen LogP contribution in [-0.4, -0.2) is 100 Å². The Hall–Kier alpha value is -4.66. The Morgan fingerprint density at radius 1 is 0.672 bits per heavy atom.